The summed E-state index contributed by atoms with van der Waals surface area (Å²) in [6.07, 6.45) is -1.44. The van der Waals surface area contributed by atoms with E-state index in [0.29, 0.717) is 0 Å². The summed E-state index contributed by atoms with van der Waals surface area (Å²) < 4.78 is 24.2. The van der Waals surface area contributed by atoms with Crippen LogP contribution in [0.4, 0.5) is 8.78 Å². The van der Waals surface area contributed by atoms with Gasteiger partial charge in [-0.15, -0.1) is 0 Å². The fraction of sp³-hybridized carbons (Fsp3) is 0.167. The maximum Gasteiger partial charge on any atom is 0.270 e. The quantitative estimate of drug-likeness (QED) is 0.778. The Labute approximate surface area is 69.4 Å². The molecule has 5 heteroatoms. The number of pyridine rings is 1. The predicted molar refractivity (Wildman–Crippen MR) is 39.7 cm³/mol. The molecule has 0 unspecified atom stereocenters. The van der Waals surface area contributed by atoms with Crippen LogP contribution in [0.15, 0.2) is 21.5 Å². The number of hydrogen-bond donors (Lipinski definition) is 1. The van der Waals surface area contributed by atoms with Gasteiger partial charge in [-0.2, -0.15) is 0 Å². The summed E-state index contributed by atoms with van der Waals surface area (Å²) in [6, 6.07) is 1.36. The molecule has 1 N–H and O–H groups in total. The van der Waals surface area contributed by atoms with Crippen molar-refractivity contribution in [3.63, 3.8) is 0 Å². The summed E-state index contributed by atoms with van der Waals surface area (Å²) in [4.78, 5) is 12.9. The molecule has 0 saturated heterocycles. The minimum absolute atomic E-state index is 0.135. The third kappa shape index (κ3) is 1.65. The highest BCUT2D eigenvalue weighted by molar-refractivity contribution is 9.10. The van der Waals surface area contributed by atoms with E-state index >= 15 is 0 Å². The maximum atomic E-state index is 12.0. The first-order valence-electron chi connectivity index (χ1n) is 2.78. The summed E-state index contributed by atoms with van der Waals surface area (Å²) in [7, 11) is 0. The largest absolute Gasteiger partial charge is 0.329 e. The summed E-state index contributed by atoms with van der Waals surface area (Å²) >= 11 is 2.85. The van der Waals surface area contributed by atoms with Crippen molar-refractivity contribution < 1.29 is 8.78 Å². The molecule has 0 amide bonds. The third-order valence-electron chi connectivity index (χ3n) is 1.16. The number of nitrogens with one attached hydrogen (secondary N) is 1. The van der Waals surface area contributed by atoms with E-state index in [1.165, 1.54) is 12.3 Å². The van der Waals surface area contributed by atoms with E-state index in [1.54, 1.807) is 0 Å². The van der Waals surface area contributed by atoms with Gasteiger partial charge < -0.3 is 4.98 Å². The topological polar surface area (TPSA) is 32.9 Å². The van der Waals surface area contributed by atoms with Gasteiger partial charge in [0, 0.05) is 10.7 Å². The van der Waals surface area contributed by atoms with Gasteiger partial charge in [0.25, 0.3) is 12.0 Å². The molecule has 11 heavy (non-hydrogen) atoms. The van der Waals surface area contributed by atoms with Crippen LogP contribution in [0.5, 0.6) is 0 Å². The average Bonchev–Trinajstić information content (AvgIpc) is 1.85. The van der Waals surface area contributed by atoms with Gasteiger partial charge in [-0.3, -0.25) is 4.79 Å². The van der Waals surface area contributed by atoms with Crippen molar-refractivity contribution in [1.29, 1.82) is 0 Å². The normalized spacial score (nSPS) is 10.5. The highest BCUT2D eigenvalue weighted by atomic mass is 79.9. The minimum Gasteiger partial charge on any atom is -0.329 e. The monoisotopic (exact) mass is 223 g/mol. The Kier molecular flexibility index (Phi) is 2.38. The number of halogens is 3. The lowest BCUT2D eigenvalue weighted by molar-refractivity contribution is 0.148. The lowest BCUT2D eigenvalue weighted by Crippen LogP contribution is -2.12. The van der Waals surface area contributed by atoms with Crippen LogP contribution in [0.3, 0.4) is 0 Å². The molecule has 0 radical (unpaired) electrons. The molecule has 0 bridgehead atoms. The average molecular weight is 224 g/mol. The Morgan fingerprint density at radius 2 is 2.18 bits per heavy atom. The van der Waals surface area contributed by atoms with Crippen molar-refractivity contribution in [2.75, 3.05) is 0 Å². The molecule has 1 aromatic rings. The number of rotatable bonds is 1. The predicted octanol–water partition coefficient (Wildman–Crippen LogP) is 2.08. The summed E-state index contributed by atoms with van der Waals surface area (Å²) in [5, 5.41) is 0. The second kappa shape index (κ2) is 3.13. The molecule has 0 saturated carbocycles. The zero-order chi connectivity index (χ0) is 8.43. The molecular formula is C6H4BrF2NO. The summed E-state index contributed by atoms with van der Waals surface area (Å²) in [5.74, 6) is 0. The summed E-state index contributed by atoms with van der Waals surface area (Å²) in [6.45, 7) is 0. The van der Waals surface area contributed by atoms with Gasteiger partial charge in [-0.25, -0.2) is 8.78 Å². The Morgan fingerprint density at radius 3 is 2.55 bits per heavy atom. The minimum atomic E-state index is -2.74. The number of aromatic nitrogens is 1. The van der Waals surface area contributed by atoms with Crippen LogP contribution in [-0.4, -0.2) is 4.98 Å². The van der Waals surface area contributed by atoms with Crippen LogP contribution < -0.4 is 5.56 Å². The van der Waals surface area contributed by atoms with Gasteiger partial charge in [0.2, 0.25) is 0 Å². The van der Waals surface area contributed by atoms with Gasteiger partial charge >= 0.3 is 0 Å². The van der Waals surface area contributed by atoms with Crippen molar-refractivity contribution in [3.05, 3.63) is 32.7 Å². The molecule has 1 aromatic heterocycles. The van der Waals surface area contributed by atoms with E-state index in [4.69, 9.17) is 0 Å². The fourth-order valence-corrected chi connectivity index (χ4v) is 1.16. The first-order chi connectivity index (χ1) is 5.13. The van der Waals surface area contributed by atoms with E-state index in [0.717, 1.165) is 0 Å². The van der Waals surface area contributed by atoms with E-state index in [1.807, 2.05) is 0 Å². The molecule has 2 nitrogen and oxygen atoms in total. The lowest BCUT2D eigenvalue weighted by atomic mass is 10.3. The van der Waals surface area contributed by atoms with Gasteiger partial charge in [0.1, 0.15) is 0 Å². The molecule has 0 aromatic carbocycles. The zero-order valence-electron chi connectivity index (χ0n) is 5.27. The first kappa shape index (κ1) is 8.39. The van der Waals surface area contributed by atoms with Gasteiger partial charge in [-0.1, -0.05) is 15.9 Å². The van der Waals surface area contributed by atoms with Crippen molar-refractivity contribution in [2.45, 2.75) is 6.43 Å². The van der Waals surface area contributed by atoms with Crippen LogP contribution in [0.2, 0.25) is 0 Å². The fourth-order valence-electron chi connectivity index (χ4n) is 0.670. The van der Waals surface area contributed by atoms with Gasteiger partial charge in [-0.05, 0) is 6.07 Å². The van der Waals surface area contributed by atoms with E-state index in [2.05, 4.69) is 20.9 Å². The molecule has 1 heterocycles. The van der Waals surface area contributed by atoms with E-state index < -0.39 is 17.5 Å². The van der Waals surface area contributed by atoms with Crippen LogP contribution in [0.25, 0.3) is 0 Å². The molecule has 1 rings (SSSR count). The molecule has 0 fully saturated rings. The smallest absolute Gasteiger partial charge is 0.270 e. The number of aromatic amines is 1. The molecule has 0 spiro atoms. The standard InChI is InChI=1S/C6H4BrF2NO/c7-3-1-2-10-6(11)4(3)5(8)9/h1-2,5H,(H,10,11). The molecular weight excluding hydrogens is 220 g/mol. The van der Waals surface area contributed by atoms with Gasteiger partial charge in [0.05, 0.1) is 5.56 Å². The second-order valence-electron chi connectivity index (χ2n) is 1.87. The number of alkyl halides is 2. The lowest BCUT2D eigenvalue weighted by Gasteiger charge is -1.98. The Balaban J connectivity index is 3.33. The van der Waals surface area contributed by atoms with Crippen LogP contribution >= 0.6 is 15.9 Å². The number of H-pyrrole nitrogens is 1. The molecule has 0 atom stereocenters. The highest BCUT2D eigenvalue weighted by Gasteiger charge is 2.14. The zero-order valence-corrected chi connectivity index (χ0v) is 6.86. The van der Waals surface area contributed by atoms with Crippen molar-refractivity contribution in [3.8, 4) is 0 Å². The molecule has 0 aliphatic carbocycles. The van der Waals surface area contributed by atoms with Crippen molar-refractivity contribution >= 4 is 15.9 Å². The Morgan fingerprint density at radius 1 is 1.55 bits per heavy atom. The van der Waals surface area contributed by atoms with E-state index in [9.17, 15) is 13.6 Å². The first-order valence-corrected chi connectivity index (χ1v) is 3.57. The summed E-state index contributed by atoms with van der Waals surface area (Å²) in [5.41, 5.74) is -1.28. The Hall–Kier alpha value is -0.710. The number of hydrogen-bond acceptors (Lipinski definition) is 1. The third-order valence-corrected chi connectivity index (χ3v) is 1.86. The van der Waals surface area contributed by atoms with Gasteiger partial charge in [0.15, 0.2) is 0 Å². The molecule has 0 aliphatic heterocycles. The second-order valence-corrected chi connectivity index (χ2v) is 2.72. The molecule has 0 aliphatic rings. The highest BCUT2D eigenvalue weighted by Crippen LogP contribution is 2.22. The van der Waals surface area contributed by atoms with Crippen LogP contribution in [-0.2, 0) is 0 Å². The molecule has 60 valence electrons. The maximum absolute atomic E-state index is 12.0. The van der Waals surface area contributed by atoms with Crippen molar-refractivity contribution in [1.82, 2.24) is 4.98 Å². The van der Waals surface area contributed by atoms with E-state index in [-0.39, 0.29) is 4.47 Å². The SMILES string of the molecule is O=c1[nH]ccc(Br)c1C(F)F. The Bertz CT molecular complexity index is 310. The van der Waals surface area contributed by atoms with Crippen LogP contribution in [0.1, 0.15) is 12.0 Å². The van der Waals surface area contributed by atoms with Crippen LogP contribution in [0, 0.1) is 0 Å². The van der Waals surface area contributed by atoms with Crippen molar-refractivity contribution in [2.24, 2.45) is 0 Å².